The lowest BCUT2D eigenvalue weighted by atomic mass is 9.76. The molecule has 0 radical (unpaired) electrons. The number of likely N-dealkylation sites (tertiary alicyclic amines) is 1. The lowest BCUT2D eigenvalue weighted by Gasteiger charge is -2.36. The molecule has 3 aliphatic heterocycles. The van der Waals surface area contributed by atoms with Crippen molar-refractivity contribution in [1.82, 2.24) is 9.80 Å². The van der Waals surface area contributed by atoms with E-state index in [0.717, 1.165) is 26.2 Å². The first kappa shape index (κ1) is 19.2. The Balaban J connectivity index is 1.32. The van der Waals surface area contributed by atoms with Gasteiger partial charge in [0, 0.05) is 51.6 Å². The minimum absolute atomic E-state index is 0.000803. The summed E-state index contributed by atoms with van der Waals surface area (Å²) in [4.78, 5) is 31.0. The molecule has 0 unspecified atom stereocenters. The van der Waals surface area contributed by atoms with Crippen LogP contribution in [0.4, 0.5) is 5.69 Å². The Kier molecular flexibility index (Phi) is 5.29. The van der Waals surface area contributed by atoms with Crippen LogP contribution in [0, 0.1) is 18.3 Å². The number of carbonyl (C=O) groups excluding carboxylic acids is 1. The van der Waals surface area contributed by atoms with E-state index in [1.165, 1.54) is 11.3 Å². The maximum Gasteiger partial charge on any atom is 0.314 e. The zero-order valence-corrected chi connectivity index (χ0v) is 16.5. The number of nitrogens with zero attached hydrogens (tertiary/aromatic N) is 3. The van der Waals surface area contributed by atoms with Crippen molar-refractivity contribution in [3.05, 3.63) is 29.8 Å². The van der Waals surface area contributed by atoms with Crippen LogP contribution in [0.1, 0.15) is 12.0 Å². The van der Waals surface area contributed by atoms with Crippen LogP contribution < -0.4 is 4.90 Å². The van der Waals surface area contributed by atoms with Crippen molar-refractivity contribution in [3.63, 3.8) is 0 Å². The predicted molar refractivity (Wildman–Crippen MR) is 105 cm³/mol. The molecule has 0 bridgehead atoms. The SMILES string of the molecule is Cc1cccc(N2CCN(CC(=O)N3C[C@@H]4CCOC[C@]4(C(=O)O)C3)CC2)c1. The van der Waals surface area contributed by atoms with Crippen molar-refractivity contribution in [3.8, 4) is 0 Å². The molecule has 152 valence electrons. The fourth-order valence-corrected chi connectivity index (χ4v) is 4.76. The van der Waals surface area contributed by atoms with Gasteiger partial charge < -0.3 is 19.6 Å². The van der Waals surface area contributed by atoms with Crippen molar-refractivity contribution < 1.29 is 19.4 Å². The molecular formula is C21H29N3O4. The molecule has 3 aliphatic rings. The number of amides is 1. The average Bonchev–Trinajstić information content (AvgIpc) is 3.10. The number of aliphatic carboxylic acids is 1. The molecular weight excluding hydrogens is 358 g/mol. The van der Waals surface area contributed by atoms with Crippen LogP contribution in [0.3, 0.4) is 0 Å². The molecule has 7 heteroatoms. The summed E-state index contributed by atoms with van der Waals surface area (Å²) in [5.41, 5.74) is 1.57. The highest BCUT2D eigenvalue weighted by atomic mass is 16.5. The van der Waals surface area contributed by atoms with Crippen LogP contribution >= 0.6 is 0 Å². The number of aryl methyl sites for hydroxylation is 1. The number of carboxylic acid groups (broad SMARTS) is 1. The molecule has 1 N–H and O–H groups in total. The zero-order chi connectivity index (χ0) is 19.7. The molecule has 7 nitrogen and oxygen atoms in total. The van der Waals surface area contributed by atoms with Gasteiger partial charge in [-0.05, 0) is 37.0 Å². The number of hydrogen-bond donors (Lipinski definition) is 1. The van der Waals surface area contributed by atoms with Gasteiger partial charge in [0.1, 0.15) is 5.41 Å². The number of ether oxygens (including phenoxy) is 1. The number of carbonyl (C=O) groups is 2. The van der Waals surface area contributed by atoms with E-state index in [9.17, 15) is 14.7 Å². The third-order valence-electron chi connectivity index (χ3n) is 6.54. The monoisotopic (exact) mass is 387 g/mol. The number of benzene rings is 1. The van der Waals surface area contributed by atoms with E-state index in [-0.39, 0.29) is 25.0 Å². The molecule has 3 saturated heterocycles. The molecule has 0 aromatic heterocycles. The van der Waals surface area contributed by atoms with Gasteiger partial charge in [-0.1, -0.05) is 12.1 Å². The summed E-state index contributed by atoms with van der Waals surface area (Å²) in [5.74, 6) is -0.792. The Morgan fingerprint density at radius 2 is 2.04 bits per heavy atom. The summed E-state index contributed by atoms with van der Waals surface area (Å²) in [5, 5.41) is 9.74. The zero-order valence-electron chi connectivity index (χ0n) is 16.5. The largest absolute Gasteiger partial charge is 0.481 e. The predicted octanol–water partition coefficient (Wildman–Crippen LogP) is 1.07. The average molecular weight is 387 g/mol. The summed E-state index contributed by atoms with van der Waals surface area (Å²) in [6.45, 7) is 7.54. The maximum atomic E-state index is 12.9. The van der Waals surface area contributed by atoms with Crippen LogP contribution in [0.5, 0.6) is 0 Å². The van der Waals surface area contributed by atoms with Crippen LogP contribution in [0.15, 0.2) is 24.3 Å². The Morgan fingerprint density at radius 1 is 1.25 bits per heavy atom. The molecule has 1 amide bonds. The van der Waals surface area contributed by atoms with Crippen LogP contribution in [0.25, 0.3) is 0 Å². The number of anilines is 1. The summed E-state index contributed by atoms with van der Waals surface area (Å²) in [6.07, 6.45) is 0.714. The van der Waals surface area contributed by atoms with Crippen molar-refractivity contribution in [2.45, 2.75) is 13.3 Å². The van der Waals surface area contributed by atoms with Crippen molar-refractivity contribution in [1.29, 1.82) is 0 Å². The van der Waals surface area contributed by atoms with Crippen molar-refractivity contribution in [2.24, 2.45) is 11.3 Å². The molecule has 3 heterocycles. The first-order valence-electron chi connectivity index (χ1n) is 10.1. The number of hydrogen-bond acceptors (Lipinski definition) is 5. The smallest absolute Gasteiger partial charge is 0.314 e. The van der Waals surface area contributed by atoms with E-state index in [2.05, 4.69) is 41.0 Å². The van der Waals surface area contributed by atoms with E-state index < -0.39 is 11.4 Å². The number of fused-ring (bicyclic) bond motifs is 1. The fourth-order valence-electron chi connectivity index (χ4n) is 4.76. The maximum absolute atomic E-state index is 12.9. The number of piperazine rings is 1. The van der Waals surface area contributed by atoms with Gasteiger partial charge in [0.05, 0.1) is 13.2 Å². The van der Waals surface area contributed by atoms with Crippen LogP contribution in [-0.2, 0) is 14.3 Å². The van der Waals surface area contributed by atoms with Gasteiger partial charge in [-0.2, -0.15) is 0 Å². The van der Waals surface area contributed by atoms with Gasteiger partial charge >= 0.3 is 5.97 Å². The Morgan fingerprint density at radius 3 is 2.71 bits per heavy atom. The van der Waals surface area contributed by atoms with Crippen LogP contribution in [-0.4, -0.2) is 85.8 Å². The van der Waals surface area contributed by atoms with E-state index in [1.807, 2.05) is 0 Å². The molecule has 0 aliphatic carbocycles. The standard InChI is InChI=1S/C21H29N3O4/c1-16-3-2-4-18(11-16)23-8-6-22(7-9-23)13-19(25)24-12-17-5-10-28-15-21(17,14-24)20(26)27/h2-4,11,17H,5-10,12-15H2,1H3,(H,26,27)/t17-,21+/m0/s1. The molecule has 28 heavy (non-hydrogen) atoms. The van der Waals surface area contributed by atoms with Crippen LogP contribution in [0.2, 0.25) is 0 Å². The fraction of sp³-hybridized carbons (Fsp3) is 0.619. The van der Waals surface area contributed by atoms with Gasteiger partial charge in [0.2, 0.25) is 5.91 Å². The van der Waals surface area contributed by atoms with Gasteiger partial charge in [0.25, 0.3) is 0 Å². The molecule has 0 saturated carbocycles. The summed E-state index contributed by atoms with van der Waals surface area (Å²) in [7, 11) is 0. The number of carboxylic acids is 1. The molecule has 1 aromatic rings. The second kappa shape index (κ2) is 7.72. The highest BCUT2D eigenvalue weighted by molar-refractivity contribution is 5.82. The van der Waals surface area contributed by atoms with Gasteiger partial charge in [-0.25, -0.2) is 0 Å². The Labute approximate surface area is 165 Å². The normalized spacial score (nSPS) is 28.2. The van der Waals surface area contributed by atoms with E-state index in [4.69, 9.17) is 4.74 Å². The first-order chi connectivity index (χ1) is 13.5. The van der Waals surface area contributed by atoms with Gasteiger partial charge in [0.15, 0.2) is 0 Å². The molecule has 2 atom stereocenters. The Hall–Kier alpha value is -2.12. The first-order valence-corrected chi connectivity index (χ1v) is 10.1. The second-order valence-corrected chi connectivity index (χ2v) is 8.38. The Bertz CT molecular complexity index is 747. The topological polar surface area (TPSA) is 73.3 Å². The van der Waals surface area contributed by atoms with Gasteiger partial charge in [-0.15, -0.1) is 0 Å². The minimum Gasteiger partial charge on any atom is -0.481 e. The molecule has 0 spiro atoms. The summed E-state index contributed by atoms with van der Waals surface area (Å²) < 4.78 is 5.45. The molecule has 3 fully saturated rings. The summed E-state index contributed by atoms with van der Waals surface area (Å²) in [6, 6.07) is 8.50. The molecule has 1 aromatic carbocycles. The second-order valence-electron chi connectivity index (χ2n) is 8.38. The van der Waals surface area contributed by atoms with E-state index >= 15 is 0 Å². The summed E-state index contributed by atoms with van der Waals surface area (Å²) >= 11 is 0. The number of rotatable bonds is 4. The minimum atomic E-state index is -0.919. The van der Waals surface area contributed by atoms with E-state index in [1.54, 1.807) is 4.90 Å². The highest BCUT2D eigenvalue weighted by Crippen LogP contribution is 2.41. The third kappa shape index (κ3) is 3.61. The van der Waals surface area contributed by atoms with Crippen molar-refractivity contribution in [2.75, 3.05) is 63.9 Å². The lowest BCUT2D eigenvalue weighted by molar-refractivity contribution is -0.160. The lowest BCUT2D eigenvalue weighted by Crippen LogP contribution is -2.50. The van der Waals surface area contributed by atoms with Gasteiger partial charge in [-0.3, -0.25) is 14.5 Å². The molecule has 4 rings (SSSR count). The van der Waals surface area contributed by atoms with Crippen molar-refractivity contribution >= 4 is 17.6 Å². The van der Waals surface area contributed by atoms with E-state index in [0.29, 0.717) is 26.1 Å². The third-order valence-corrected chi connectivity index (χ3v) is 6.54. The quantitative estimate of drug-likeness (QED) is 0.833. The highest BCUT2D eigenvalue weighted by Gasteiger charge is 2.55.